The maximum atomic E-state index is 11.8. The van der Waals surface area contributed by atoms with Gasteiger partial charge in [-0.2, -0.15) is 0 Å². The number of carboxylic acid groups (broad SMARTS) is 1. The van der Waals surface area contributed by atoms with Gasteiger partial charge in [0, 0.05) is 23.3 Å². The number of nitrogens with one attached hydrogen (secondary N) is 1. The molecule has 2 aromatic carbocycles. The van der Waals surface area contributed by atoms with Crippen LogP contribution in [0.15, 0.2) is 24.3 Å². The Morgan fingerprint density at radius 2 is 1.82 bits per heavy atom. The summed E-state index contributed by atoms with van der Waals surface area (Å²) in [4.78, 5) is 23.5. The standard InChI is InChI=1S/C21H25NO5.ClH/c1-12(23)26-18-15-10-11-20(2,3)27-17(15)14-9-7-6-8-13(14)16(18)22-21(4,5)19(24)25;/h6-9,22H,10-11H2,1-5H3,(H,24,25);1H. The van der Waals surface area contributed by atoms with Gasteiger partial charge < -0.3 is 19.9 Å². The van der Waals surface area contributed by atoms with Crippen molar-refractivity contribution < 1.29 is 24.2 Å². The van der Waals surface area contributed by atoms with Gasteiger partial charge in [-0.15, -0.1) is 12.4 Å². The van der Waals surface area contributed by atoms with E-state index in [9.17, 15) is 14.7 Å². The van der Waals surface area contributed by atoms with Crippen LogP contribution in [0.2, 0.25) is 0 Å². The zero-order valence-corrected chi connectivity index (χ0v) is 17.5. The number of carboxylic acids is 1. The van der Waals surface area contributed by atoms with Crippen molar-refractivity contribution in [2.24, 2.45) is 0 Å². The first-order chi connectivity index (χ1) is 12.5. The lowest BCUT2D eigenvalue weighted by Crippen LogP contribution is -2.40. The summed E-state index contributed by atoms with van der Waals surface area (Å²) in [5.41, 5.74) is -0.304. The Balaban J connectivity index is 0.00000280. The number of hydrogen-bond acceptors (Lipinski definition) is 5. The molecule has 1 aliphatic rings. The molecule has 0 radical (unpaired) electrons. The number of hydrogen-bond donors (Lipinski definition) is 2. The van der Waals surface area contributed by atoms with Crippen molar-refractivity contribution in [3.8, 4) is 11.5 Å². The van der Waals surface area contributed by atoms with Crippen LogP contribution in [-0.4, -0.2) is 28.2 Å². The molecule has 0 spiro atoms. The molecule has 2 aromatic rings. The summed E-state index contributed by atoms with van der Waals surface area (Å²) in [5.74, 6) is -0.429. The number of benzene rings is 2. The predicted molar refractivity (Wildman–Crippen MR) is 111 cm³/mol. The summed E-state index contributed by atoms with van der Waals surface area (Å²) in [7, 11) is 0. The molecule has 0 atom stereocenters. The fourth-order valence-corrected chi connectivity index (χ4v) is 3.28. The van der Waals surface area contributed by atoms with E-state index in [1.807, 2.05) is 38.1 Å². The lowest BCUT2D eigenvalue weighted by atomic mass is 9.90. The summed E-state index contributed by atoms with van der Waals surface area (Å²) in [6.45, 7) is 8.52. The van der Waals surface area contributed by atoms with Gasteiger partial charge in [0.05, 0.1) is 5.69 Å². The third-order valence-corrected chi connectivity index (χ3v) is 4.79. The van der Waals surface area contributed by atoms with E-state index in [4.69, 9.17) is 9.47 Å². The van der Waals surface area contributed by atoms with Crippen molar-refractivity contribution in [3.63, 3.8) is 0 Å². The summed E-state index contributed by atoms with van der Waals surface area (Å²) in [6.07, 6.45) is 1.42. The molecule has 0 saturated carbocycles. The van der Waals surface area contributed by atoms with Gasteiger partial charge in [-0.05, 0) is 40.5 Å². The van der Waals surface area contributed by atoms with E-state index >= 15 is 0 Å². The number of fused-ring (bicyclic) bond motifs is 3. The second-order valence-electron chi connectivity index (χ2n) is 8.07. The van der Waals surface area contributed by atoms with Crippen LogP contribution in [0, 0.1) is 0 Å². The molecule has 7 heteroatoms. The van der Waals surface area contributed by atoms with Gasteiger partial charge in [-0.25, -0.2) is 4.79 Å². The van der Waals surface area contributed by atoms with E-state index in [-0.39, 0.29) is 18.0 Å². The van der Waals surface area contributed by atoms with E-state index in [2.05, 4.69) is 5.32 Å². The van der Waals surface area contributed by atoms with Crippen molar-refractivity contribution in [2.45, 2.75) is 58.6 Å². The van der Waals surface area contributed by atoms with Gasteiger partial charge in [-0.3, -0.25) is 4.79 Å². The van der Waals surface area contributed by atoms with Gasteiger partial charge in [0.25, 0.3) is 0 Å². The number of carbonyl (C=O) groups excluding carboxylic acids is 1. The minimum atomic E-state index is -1.25. The largest absolute Gasteiger partial charge is 0.487 e. The molecule has 1 aliphatic heterocycles. The van der Waals surface area contributed by atoms with Crippen molar-refractivity contribution in [2.75, 3.05) is 5.32 Å². The van der Waals surface area contributed by atoms with Gasteiger partial charge in [-0.1, -0.05) is 24.3 Å². The van der Waals surface area contributed by atoms with Gasteiger partial charge in [0.1, 0.15) is 16.9 Å². The van der Waals surface area contributed by atoms with E-state index in [0.29, 0.717) is 23.6 Å². The fourth-order valence-electron chi connectivity index (χ4n) is 3.28. The van der Waals surface area contributed by atoms with Crippen LogP contribution in [0.1, 0.15) is 46.6 Å². The first-order valence-corrected chi connectivity index (χ1v) is 8.98. The Bertz CT molecular complexity index is 936. The fraction of sp³-hybridized carbons (Fsp3) is 0.429. The average molecular weight is 408 g/mol. The molecular weight excluding hydrogens is 382 g/mol. The molecule has 0 aliphatic carbocycles. The Kier molecular flexibility index (Phi) is 5.85. The molecule has 0 unspecified atom stereocenters. The molecule has 1 heterocycles. The first kappa shape index (κ1) is 21.8. The Morgan fingerprint density at radius 3 is 2.39 bits per heavy atom. The summed E-state index contributed by atoms with van der Waals surface area (Å²) < 4.78 is 11.8. The average Bonchev–Trinajstić information content (AvgIpc) is 2.56. The molecule has 6 nitrogen and oxygen atoms in total. The topological polar surface area (TPSA) is 84.9 Å². The van der Waals surface area contributed by atoms with Gasteiger partial charge in [0.2, 0.25) is 0 Å². The Labute approximate surface area is 170 Å². The van der Waals surface area contributed by atoms with Crippen LogP contribution < -0.4 is 14.8 Å². The number of ether oxygens (including phenoxy) is 2. The van der Waals surface area contributed by atoms with Gasteiger partial charge >= 0.3 is 11.9 Å². The molecule has 0 fully saturated rings. The molecule has 0 bridgehead atoms. The summed E-state index contributed by atoms with van der Waals surface area (Å²) >= 11 is 0. The molecule has 28 heavy (non-hydrogen) atoms. The molecular formula is C21H26ClNO5. The van der Waals surface area contributed by atoms with Crippen LogP contribution in [-0.2, 0) is 16.0 Å². The van der Waals surface area contributed by atoms with Gasteiger partial charge in [0.15, 0.2) is 5.75 Å². The van der Waals surface area contributed by atoms with Crippen LogP contribution >= 0.6 is 12.4 Å². The maximum Gasteiger partial charge on any atom is 0.328 e. The summed E-state index contributed by atoms with van der Waals surface area (Å²) in [6, 6.07) is 7.57. The second-order valence-corrected chi connectivity index (χ2v) is 8.07. The smallest absolute Gasteiger partial charge is 0.328 e. The second kappa shape index (κ2) is 7.51. The van der Waals surface area contributed by atoms with E-state index in [1.54, 1.807) is 13.8 Å². The lowest BCUT2D eigenvalue weighted by Gasteiger charge is -2.35. The highest BCUT2D eigenvalue weighted by Gasteiger charge is 2.35. The summed E-state index contributed by atoms with van der Waals surface area (Å²) in [5, 5.41) is 14.2. The van der Waals surface area contributed by atoms with Crippen molar-refractivity contribution in [1.29, 1.82) is 0 Å². The van der Waals surface area contributed by atoms with Crippen LogP contribution in [0.25, 0.3) is 10.8 Å². The quantitative estimate of drug-likeness (QED) is 0.570. The predicted octanol–water partition coefficient (Wildman–Crippen LogP) is 4.57. The minimum absolute atomic E-state index is 0. The van der Waals surface area contributed by atoms with Crippen LogP contribution in [0.3, 0.4) is 0 Å². The third-order valence-electron chi connectivity index (χ3n) is 4.79. The highest BCUT2D eigenvalue weighted by atomic mass is 35.5. The molecule has 0 aromatic heterocycles. The van der Waals surface area contributed by atoms with E-state index in [1.165, 1.54) is 6.92 Å². The van der Waals surface area contributed by atoms with Crippen molar-refractivity contribution in [3.05, 3.63) is 29.8 Å². The maximum absolute atomic E-state index is 11.8. The number of carbonyl (C=O) groups is 2. The Hall–Kier alpha value is -2.47. The Morgan fingerprint density at radius 1 is 1.21 bits per heavy atom. The highest BCUT2D eigenvalue weighted by molar-refractivity contribution is 6.04. The normalized spacial score (nSPS) is 15.0. The monoisotopic (exact) mass is 407 g/mol. The molecule has 2 N–H and O–H groups in total. The number of rotatable bonds is 4. The first-order valence-electron chi connectivity index (χ1n) is 8.98. The SMILES string of the molecule is CC(=O)Oc1c2c(c3ccccc3c1NC(C)(C)C(=O)O)OC(C)(C)CC2.Cl. The third kappa shape index (κ3) is 4.02. The molecule has 3 rings (SSSR count). The molecule has 0 saturated heterocycles. The van der Waals surface area contributed by atoms with Crippen LogP contribution in [0.5, 0.6) is 11.5 Å². The van der Waals surface area contributed by atoms with E-state index < -0.39 is 17.5 Å². The number of esters is 1. The molecule has 152 valence electrons. The van der Waals surface area contributed by atoms with Crippen molar-refractivity contribution >= 4 is 40.8 Å². The molecule has 0 amide bonds. The zero-order valence-electron chi connectivity index (χ0n) is 16.7. The van der Waals surface area contributed by atoms with Crippen LogP contribution in [0.4, 0.5) is 5.69 Å². The number of halogens is 1. The number of anilines is 1. The zero-order chi connectivity index (χ0) is 20.0. The number of aliphatic carboxylic acids is 1. The van der Waals surface area contributed by atoms with Crippen molar-refractivity contribution in [1.82, 2.24) is 0 Å². The minimum Gasteiger partial charge on any atom is -0.487 e. The lowest BCUT2D eigenvalue weighted by molar-refractivity contribution is -0.141. The highest BCUT2D eigenvalue weighted by Crippen LogP contribution is 2.49. The van der Waals surface area contributed by atoms with E-state index in [0.717, 1.165) is 22.8 Å².